The lowest BCUT2D eigenvalue weighted by Crippen LogP contribution is -2.35. The van der Waals surface area contributed by atoms with Gasteiger partial charge in [-0.25, -0.2) is 9.67 Å². The van der Waals surface area contributed by atoms with Crippen molar-refractivity contribution in [2.45, 2.75) is 26.4 Å². The molecule has 0 aliphatic carbocycles. The van der Waals surface area contributed by atoms with Gasteiger partial charge in [0.15, 0.2) is 0 Å². The fraction of sp³-hybridized carbons (Fsp3) is 0.556. The van der Waals surface area contributed by atoms with Crippen LogP contribution in [-0.2, 0) is 17.9 Å². The monoisotopic (exact) mass is 390 g/mol. The van der Waals surface area contributed by atoms with Crippen LogP contribution in [0.25, 0.3) is 0 Å². The van der Waals surface area contributed by atoms with Gasteiger partial charge < -0.3 is 14.7 Å². The van der Waals surface area contributed by atoms with Crippen LogP contribution in [0.4, 0.5) is 5.69 Å². The average molecular weight is 391 g/mol. The molecular weight excluding hydrogens is 364 g/mol. The molecule has 1 saturated heterocycles. The van der Waals surface area contributed by atoms with Gasteiger partial charge in [-0.15, -0.1) is 11.3 Å². The van der Waals surface area contributed by atoms with Crippen molar-refractivity contribution in [1.29, 1.82) is 0 Å². The predicted octanol–water partition coefficient (Wildman–Crippen LogP) is 0.809. The molecule has 1 fully saturated rings. The van der Waals surface area contributed by atoms with Crippen LogP contribution in [0.2, 0.25) is 0 Å². The number of carbonyl (C=O) groups is 1. The molecule has 0 aromatic carbocycles. The van der Waals surface area contributed by atoms with Crippen molar-refractivity contribution in [3.63, 3.8) is 0 Å². The van der Waals surface area contributed by atoms with Crippen LogP contribution < -0.4 is 10.5 Å². The molecule has 9 heteroatoms. The molecule has 0 atom stereocenters. The van der Waals surface area contributed by atoms with Gasteiger partial charge in [-0.1, -0.05) is 0 Å². The van der Waals surface area contributed by atoms with E-state index in [4.69, 9.17) is 0 Å². The third kappa shape index (κ3) is 5.14. The maximum absolute atomic E-state index is 12.4. The second kappa shape index (κ2) is 8.62. The Morgan fingerprint density at radius 3 is 2.81 bits per heavy atom. The van der Waals surface area contributed by atoms with Gasteiger partial charge in [-0.05, 0) is 26.9 Å². The maximum Gasteiger partial charge on any atom is 0.269 e. The number of aryl methyl sites for hydroxylation is 1. The van der Waals surface area contributed by atoms with Crippen LogP contribution in [0.5, 0.6) is 0 Å². The number of rotatable bonds is 5. The van der Waals surface area contributed by atoms with E-state index >= 15 is 0 Å². The second-order valence-corrected chi connectivity index (χ2v) is 8.02. The fourth-order valence-electron chi connectivity index (χ4n) is 3.08. The standard InChI is InChI=1S/C18H26N6O2S/c1-14-20-15(13-27-14)11-22(3)18(26)12-24-17(25)9-16(10-19-24)23-6-4-5-21(2)7-8-23/h9-10,13H,4-8,11-12H2,1-3H3. The van der Waals surface area contributed by atoms with Gasteiger partial charge in [-0.2, -0.15) is 5.10 Å². The van der Waals surface area contributed by atoms with Gasteiger partial charge in [0.1, 0.15) is 6.54 Å². The third-order valence-corrected chi connectivity index (χ3v) is 5.54. The van der Waals surface area contributed by atoms with Crippen LogP contribution in [-0.4, -0.2) is 70.7 Å². The number of hydrogen-bond donors (Lipinski definition) is 0. The Morgan fingerprint density at radius 1 is 1.30 bits per heavy atom. The minimum absolute atomic E-state index is 0.0680. The molecule has 27 heavy (non-hydrogen) atoms. The van der Waals surface area contributed by atoms with Crippen LogP contribution in [0, 0.1) is 6.92 Å². The van der Waals surface area contributed by atoms with Crippen LogP contribution >= 0.6 is 11.3 Å². The summed E-state index contributed by atoms with van der Waals surface area (Å²) in [6, 6.07) is 1.58. The average Bonchev–Trinajstić information content (AvgIpc) is 2.91. The highest BCUT2D eigenvalue weighted by Gasteiger charge is 2.16. The zero-order valence-electron chi connectivity index (χ0n) is 16.1. The quantitative estimate of drug-likeness (QED) is 0.752. The molecule has 2 aromatic heterocycles. The van der Waals surface area contributed by atoms with E-state index in [2.05, 4.69) is 26.9 Å². The molecule has 0 saturated carbocycles. The van der Waals surface area contributed by atoms with Crippen molar-refractivity contribution in [2.75, 3.05) is 45.2 Å². The van der Waals surface area contributed by atoms with Crippen molar-refractivity contribution in [1.82, 2.24) is 24.6 Å². The first-order valence-electron chi connectivity index (χ1n) is 9.08. The minimum atomic E-state index is -0.253. The molecule has 2 aromatic rings. The van der Waals surface area contributed by atoms with Gasteiger partial charge in [0.25, 0.3) is 5.56 Å². The maximum atomic E-state index is 12.4. The number of aromatic nitrogens is 3. The number of nitrogens with zero attached hydrogens (tertiary/aromatic N) is 6. The third-order valence-electron chi connectivity index (χ3n) is 4.72. The Kier molecular flexibility index (Phi) is 6.22. The summed E-state index contributed by atoms with van der Waals surface area (Å²) in [5.74, 6) is -0.167. The first-order valence-corrected chi connectivity index (χ1v) is 9.96. The van der Waals surface area contributed by atoms with Crippen molar-refractivity contribution >= 4 is 22.9 Å². The van der Waals surface area contributed by atoms with E-state index in [-0.39, 0.29) is 18.0 Å². The van der Waals surface area contributed by atoms with E-state index in [0.29, 0.717) is 6.54 Å². The van der Waals surface area contributed by atoms with Crippen molar-refractivity contribution < 1.29 is 4.79 Å². The Labute approximate surface area is 163 Å². The highest BCUT2D eigenvalue weighted by atomic mass is 32.1. The lowest BCUT2D eigenvalue weighted by molar-refractivity contribution is -0.131. The molecule has 0 unspecified atom stereocenters. The van der Waals surface area contributed by atoms with Gasteiger partial charge >= 0.3 is 0 Å². The number of carbonyl (C=O) groups excluding carboxylic acids is 1. The summed E-state index contributed by atoms with van der Waals surface area (Å²) in [4.78, 5) is 35.3. The summed E-state index contributed by atoms with van der Waals surface area (Å²) < 4.78 is 1.22. The first kappa shape index (κ1) is 19.5. The van der Waals surface area contributed by atoms with E-state index in [0.717, 1.165) is 49.0 Å². The molecule has 1 amide bonds. The smallest absolute Gasteiger partial charge is 0.269 e. The fourth-order valence-corrected chi connectivity index (χ4v) is 3.69. The highest BCUT2D eigenvalue weighted by Crippen LogP contribution is 2.13. The molecule has 0 spiro atoms. The normalized spacial score (nSPS) is 15.6. The molecule has 0 N–H and O–H groups in total. The largest absolute Gasteiger partial charge is 0.369 e. The Hall–Kier alpha value is -2.26. The second-order valence-electron chi connectivity index (χ2n) is 6.96. The molecule has 3 heterocycles. The zero-order chi connectivity index (χ0) is 19.4. The Morgan fingerprint density at radius 2 is 2.11 bits per heavy atom. The lowest BCUT2D eigenvalue weighted by atomic mass is 10.3. The van der Waals surface area contributed by atoms with E-state index < -0.39 is 0 Å². The predicted molar refractivity (Wildman–Crippen MR) is 106 cm³/mol. The summed E-state index contributed by atoms with van der Waals surface area (Å²) in [5, 5.41) is 7.14. The molecule has 146 valence electrons. The summed E-state index contributed by atoms with van der Waals surface area (Å²) >= 11 is 1.56. The van der Waals surface area contributed by atoms with Gasteiger partial charge in [0.05, 0.1) is 29.1 Å². The topological polar surface area (TPSA) is 74.6 Å². The molecule has 1 aliphatic heterocycles. The Balaban J connectivity index is 1.63. The number of amides is 1. The number of thiazole rings is 1. The lowest BCUT2D eigenvalue weighted by Gasteiger charge is -2.22. The summed E-state index contributed by atoms with van der Waals surface area (Å²) in [6.07, 6.45) is 2.74. The molecular formula is C18H26N6O2S. The van der Waals surface area contributed by atoms with E-state index in [1.54, 1.807) is 35.5 Å². The number of hydrogen-bond acceptors (Lipinski definition) is 7. The number of anilines is 1. The number of likely N-dealkylation sites (N-methyl/N-ethyl adjacent to an activating group) is 2. The molecule has 3 rings (SSSR count). The molecule has 0 radical (unpaired) electrons. The summed E-state index contributed by atoms with van der Waals surface area (Å²) in [7, 11) is 3.82. The van der Waals surface area contributed by atoms with Crippen molar-refractivity contribution in [3.8, 4) is 0 Å². The zero-order valence-corrected chi connectivity index (χ0v) is 16.9. The summed E-state index contributed by atoms with van der Waals surface area (Å²) in [6.45, 7) is 6.09. The van der Waals surface area contributed by atoms with E-state index in [9.17, 15) is 9.59 Å². The highest BCUT2D eigenvalue weighted by molar-refractivity contribution is 7.09. The van der Waals surface area contributed by atoms with E-state index in [1.165, 1.54) is 4.68 Å². The van der Waals surface area contributed by atoms with E-state index in [1.807, 2.05) is 12.3 Å². The van der Waals surface area contributed by atoms with Crippen molar-refractivity contribution in [2.24, 2.45) is 0 Å². The molecule has 0 bridgehead atoms. The van der Waals surface area contributed by atoms with Gasteiger partial charge in [0.2, 0.25) is 5.91 Å². The van der Waals surface area contributed by atoms with Crippen LogP contribution in [0.1, 0.15) is 17.1 Å². The van der Waals surface area contributed by atoms with Gasteiger partial charge in [0, 0.05) is 38.1 Å². The molecule has 8 nitrogen and oxygen atoms in total. The summed E-state index contributed by atoms with van der Waals surface area (Å²) in [5.41, 5.74) is 1.43. The van der Waals surface area contributed by atoms with Crippen LogP contribution in [0.3, 0.4) is 0 Å². The van der Waals surface area contributed by atoms with Crippen molar-refractivity contribution in [3.05, 3.63) is 38.7 Å². The SMILES string of the molecule is Cc1nc(CN(C)C(=O)Cn2ncc(N3CCCN(C)CC3)cc2=O)cs1. The molecule has 1 aliphatic rings. The minimum Gasteiger partial charge on any atom is -0.369 e. The first-order chi connectivity index (χ1) is 12.9. The van der Waals surface area contributed by atoms with Crippen LogP contribution in [0.15, 0.2) is 22.4 Å². The Bertz CT molecular complexity index is 848. The van der Waals surface area contributed by atoms with Gasteiger partial charge in [-0.3, -0.25) is 9.59 Å².